The van der Waals surface area contributed by atoms with Crippen molar-refractivity contribution < 1.29 is 23.5 Å². The van der Waals surface area contributed by atoms with Crippen LogP contribution in [0.2, 0.25) is 0 Å². The minimum atomic E-state index is -1.13. The van der Waals surface area contributed by atoms with Crippen molar-refractivity contribution in [1.29, 1.82) is 0 Å². The van der Waals surface area contributed by atoms with Crippen LogP contribution in [-0.2, 0) is 19.1 Å². The number of ether oxygens (including phenoxy) is 1. The van der Waals surface area contributed by atoms with Crippen molar-refractivity contribution in [1.82, 2.24) is 0 Å². The highest BCUT2D eigenvalue weighted by Crippen LogP contribution is 2.69. The zero-order chi connectivity index (χ0) is 21.4. The maximum atomic E-state index is 15.4. The molecule has 0 unspecified atom stereocenters. The summed E-state index contributed by atoms with van der Waals surface area (Å²) in [4.78, 5) is 36.9. The van der Waals surface area contributed by atoms with Crippen LogP contribution in [0.5, 0.6) is 0 Å². The van der Waals surface area contributed by atoms with Crippen molar-refractivity contribution in [2.45, 2.75) is 84.9 Å². The van der Waals surface area contributed by atoms with Crippen molar-refractivity contribution in [2.75, 3.05) is 0 Å². The van der Waals surface area contributed by atoms with Gasteiger partial charge < -0.3 is 4.74 Å². The van der Waals surface area contributed by atoms with Gasteiger partial charge >= 0.3 is 5.97 Å². The van der Waals surface area contributed by atoms with Gasteiger partial charge in [-0.25, -0.2) is 4.39 Å². The predicted octanol–water partition coefficient (Wildman–Crippen LogP) is 4.60. The van der Waals surface area contributed by atoms with Crippen LogP contribution in [0.4, 0.5) is 4.39 Å². The first-order valence-electron chi connectivity index (χ1n) is 11.1. The van der Waals surface area contributed by atoms with E-state index >= 15 is 4.39 Å². The van der Waals surface area contributed by atoms with Crippen LogP contribution in [0.25, 0.3) is 0 Å². The van der Waals surface area contributed by atoms with Crippen LogP contribution in [0.1, 0.15) is 73.1 Å². The van der Waals surface area contributed by atoms with E-state index in [0.717, 1.165) is 19.3 Å². The lowest BCUT2D eigenvalue weighted by molar-refractivity contribution is -0.193. The quantitative estimate of drug-likeness (QED) is 0.631. The van der Waals surface area contributed by atoms with Gasteiger partial charge in [0.25, 0.3) is 0 Å². The average Bonchev–Trinajstić information content (AvgIpc) is 2.85. The largest absolute Gasteiger partial charge is 0.450 e. The Hall–Kier alpha value is -1.52. The van der Waals surface area contributed by atoms with Crippen LogP contribution in [-0.4, -0.2) is 29.3 Å². The maximum Gasteiger partial charge on any atom is 0.303 e. The summed E-state index contributed by atoms with van der Waals surface area (Å²) < 4.78 is 21.2. The molecule has 0 amide bonds. The molecule has 3 fully saturated rings. The van der Waals surface area contributed by atoms with Crippen molar-refractivity contribution in [3.8, 4) is 0 Å². The fourth-order valence-electron chi connectivity index (χ4n) is 8.15. The Morgan fingerprint density at radius 2 is 1.83 bits per heavy atom. The molecule has 4 nitrogen and oxygen atoms in total. The highest BCUT2D eigenvalue weighted by molar-refractivity contribution is 5.92. The molecule has 0 saturated heterocycles. The summed E-state index contributed by atoms with van der Waals surface area (Å²) in [6.45, 7) is 9.14. The molecule has 160 valence electrons. The van der Waals surface area contributed by atoms with Crippen LogP contribution in [0, 0.1) is 34.5 Å². The Bertz CT molecular complexity index is 803. The zero-order valence-corrected chi connectivity index (χ0v) is 18.2. The molecule has 0 N–H and O–H groups in total. The van der Waals surface area contributed by atoms with E-state index in [0.29, 0.717) is 30.8 Å². The number of halogens is 1. The normalized spacial score (nSPS) is 48.8. The molecule has 3 saturated carbocycles. The Morgan fingerprint density at radius 1 is 1.14 bits per heavy atom. The second-order valence-corrected chi connectivity index (χ2v) is 10.5. The van der Waals surface area contributed by atoms with Gasteiger partial charge in [-0.1, -0.05) is 20.8 Å². The number of carbonyl (C=O) groups excluding carboxylic acids is 3. The van der Waals surface area contributed by atoms with E-state index in [2.05, 4.69) is 13.8 Å². The number of hydrogen-bond acceptors (Lipinski definition) is 4. The second kappa shape index (κ2) is 6.49. The van der Waals surface area contributed by atoms with Gasteiger partial charge in [0.05, 0.1) is 0 Å². The third kappa shape index (κ3) is 2.58. The molecule has 0 spiro atoms. The Balaban J connectivity index is 1.77. The Morgan fingerprint density at radius 3 is 2.45 bits per heavy atom. The molecule has 0 heterocycles. The first-order valence-corrected chi connectivity index (χ1v) is 11.1. The predicted molar refractivity (Wildman–Crippen MR) is 107 cm³/mol. The lowest BCUT2D eigenvalue weighted by Crippen LogP contribution is -2.60. The summed E-state index contributed by atoms with van der Waals surface area (Å²) in [5, 5.41) is 0. The molecule has 29 heavy (non-hydrogen) atoms. The van der Waals surface area contributed by atoms with Crippen LogP contribution >= 0.6 is 0 Å². The van der Waals surface area contributed by atoms with Crippen LogP contribution in [0.3, 0.4) is 0 Å². The number of hydrogen-bond donors (Lipinski definition) is 0. The molecule has 8 atom stereocenters. The summed E-state index contributed by atoms with van der Waals surface area (Å²) >= 11 is 0. The molecular weight excluding hydrogens is 371 g/mol. The van der Waals surface area contributed by atoms with Gasteiger partial charge in [0, 0.05) is 24.7 Å². The summed E-state index contributed by atoms with van der Waals surface area (Å²) in [6.07, 6.45) is 4.49. The number of Topliss-reactive ketones (excluding diaryl/α,β-unsaturated/α-hetero) is 1. The van der Waals surface area contributed by atoms with E-state index in [1.54, 1.807) is 6.08 Å². The van der Waals surface area contributed by atoms with E-state index < -0.39 is 23.2 Å². The monoisotopic (exact) mass is 404 g/mol. The number of carbonyl (C=O) groups is 3. The van der Waals surface area contributed by atoms with E-state index in [-0.39, 0.29) is 34.7 Å². The van der Waals surface area contributed by atoms with Crippen molar-refractivity contribution in [3.63, 3.8) is 0 Å². The van der Waals surface area contributed by atoms with Crippen LogP contribution < -0.4 is 0 Å². The van der Waals surface area contributed by atoms with E-state index in [4.69, 9.17) is 4.74 Å². The molecule has 4 rings (SSSR count). The van der Waals surface area contributed by atoms with Crippen molar-refractivity contribution >= 4 is 17.5 Å². The number of esters is 1. The van der Waals surface area contributed by atoms with Crippen molar-refractivity contribution in [3.05, 3.63) is 11.6 Å². The van der Waals surface area contributed by atoms with Gasteiger partial charge in [-0.15, -0.1) is 0 Å². The van der Waals surface area contributed by atoms with Crippen molar-refractivity contribution in [2.24, 2.45) is 34.5 Å². The molecule has 0 aliphatic heterocycles. The maximum absolute atomic E-state index is 15.4. The van der Waals surface area contributed by atoms with Gasteiger partial charge in [-0.05, 0) is 73.8 Å². The summed E-state index contributed by atoms with van der Waals surface area (Å²) in [5.74, 6) is 0.0104. The van der Waals surface area contributed by atoms with E-state index in [1.165, 1.54) is 13.8 Å². The van der Waals surface area contributed by atoms with Gasteiger partial charge in [0.1, 0.15) is 6.17 Å². The fraction of sp³-hybridized carbons (Fsp3) is 0.792. The Kier molecular flexibility index (Phi) is 4.64. The first kappa shape index (κ1) is 20.7. The molecule has 0 bridgehead atoms. The fourth-order valence-corrected chi connectivity index (χ4v) is 8.15. The molecule has 5 heteroatoms. The lowest BCUT2D eigenvalue weighted by Gasteiger charge is -2.59. The number of ketones is 2. The number of allylic oxidation sites excluding steroid dienone is 1. The average molecular weight is 405 g/mol. The molecule has 0 radical (unpaired) electrons. The van der Waals surface area contributed by atoms with Crippen LogP contribution in [0.15, 0.2) is 11.6 Å². The smallest absolute Gasteiger partial charge is 0.303 e. The SMILES string of the molecule is CC(=O)O[C@@]1(C(C)=O)[C@H](C)C[C@H]2[C@@H]3C[C@H](F)C4=CC(=O)CC[C@]4(C)[C@H]3CC[C@@]21C. The van der Waals surface area contributed by atoms with Gasteiger partial charge in [-0.3, -0.25) is 14.4 Å². The highest BCUT2D eigenvalue weighted by Gasteiger charge is 2.71. The Labute approximate surface area is 172 Å². The third-order valence-electron chi connectivity index (χ3n) is 9.31. The highest BCUT2D eigenvalue weighted by atomic mass is 19.1. The first-order chi connectivity index (χ1) is 13.5. The topological polar surface area (TPSA) is 60.4 Å². The molecular formula is C24H33FO4. The minimum Gasteiger partial charge on any atom is -0.450 e. The van der Waals surface area contributed by atoms with Gasteiger partial charge in [-0.2, -0.15) is 0 Å². The standard InChI is InChI=1S/C24H33FO4/c1-13-10-19-17-12-21(25)20-11-16(28)6-8-22(20,4)18(17)7-9-23(19,5)24(13,14(2)26)29-15(3)27/h11,13,17-19,21H,6-10,12H2,1-5H3/t13-,17-,18+,19+,21+,22-,23+,24-/m1/s1. The molecule has 4 aliphatic carbocycles. The number of fused-ring (bicyclic) bond motifs is 5. The molecule has 4 aliphatic rings. The van der Waals surface area contributed by atoms with E-state index in [1.807, 2.05) is 6.92 Å². The van der Waals surface area contributed by atoms with Gasteiger partial charge in [0.2, 0.25) is 0 Å². The third-order valence-corrected chi connectivity index (χ3v) is 9.31. The lowest BCUT2D eigenvalue weighted by atomic mass is 9.46. The summed E-state index contributed by atoms with van der Waals surface area (Å²) in [6, 6.07) is 0. The molecule has 0 aromatic carbocycles. The summed E-state index contributed by atoms with van der Waals surface area (Å²) in [7, 11) is 0. The number of rotatable bonds is 2. The molecule has 0 aromatic heterocycles. The molecule has 0 aromatic rings. The summed E-state index contributed by atoms with van der Waals surface area (Å²) in [5.41, 5.74) is -1.20. The van der Waals surface area contributed by atoms with E-state index in [9.17, 15) is 14.4 Å². The van der Waals surface area contributed by atoms with Gasteiger partial charge in [0.15, 0.2) is 17.2 Å². The minimum absolute atomic E-state index is 0.0409. The second-order valence-electron chi connectivity index (χ2n) is 10.5. The number of alkyl halides is 1. The zero-order valence-electron chi connectivity index (χ0n) is 18.2.